The summed E-state index contributed by atoms with van der Waals surface area (Å²) in [6.45, 7) is 0.878. The van der Waals surface area contributed by atoms with Crippen molar-refractivity contribution >= 4 is 49.2 Å². The molecule has 0 aliphatic carbocycles. The number of fused-ring (bicyclic) bond motifs is 1. The van der Waals surface area contributed by atoms with Gasteiger partial charge >= 0.3 is 0 Å². The van der Waals surface area contributed by atoms with Gasteiger partial charge in [-0.15, -0.1) is 0 Å². The molecule has 1 N–H and O–H groups in total. The first-order chi connectivity index (χ1) is 16.1. The van der Waals surface area contributed by atoms with Gasteiger partial charge in [0.15, 0.2) is 9.84 Å². The second kappa shape index (κ2) is 8.93. The Kier molecular flexibility index (Phi) is 6.25. The normalized spacial score (nSPS) is 24.4. The number of rotatable bonds is 4. The van der Waals surface area contributed by atoms with Crippen LogP contribution in [0.15, 0.2) is 46.9 Å². The zero-order chi connectivity index (χ0) is 24.1. The number of carbonyl (C=O) groups is 2. The van der Waals surface area contributed by atoms with E-state index in [0.717, 1.165) is 21.2 Å². The molecule has 34 heavy (non-hydrogen) atoms. The van der Waals surface area contributed by atoms with Crippen LogP contribution in [0, 0.1) is 0 Å². The van der Waals surface area contributed by atoms with Crippen LogP contribution in [0.4, 0.5) is 0 Å². The molecule has 2 aromatic carbocycles. The number of carbonyl (C=O) groups excluding carboxylic acids is 2. The van der Waals surface area contributed by atoms with Gasteiger partial charge in [0.05, 0.1) is 37.1 Å². The Bertz CT molecular complexity index is 1260. The molecular formula is C24H24BrClN2O5S. The average molecular weight is 568 g/mol. The molecule has 3 heterocycles. The van der Waals surface area contributed by atoms with Crippen LogP contribution in [-0.4, -0.2) is 55.7 Å². The van der Waals surface area contributed by atoms with Crippen molar-refractivity contribution in [3.8, 4) is 0 Å². The summed E-state index contributed by atoms with van der Waals surface area (Å²) in [5.41, 5.74) is 1.87. The average Bonchev–Trinajstić information content (AvgIpc) is 3.20. The molecule has 2 amide bonds. The van der Waals surface area contributed by atoms with E-state index in [1.807, 2.05) is 18.2 Å². The van der Waals surface area contributed by atoms with Crippen molar-refractivity contribution in [1.29, 1.82) is 0 Å². The minimum absolute atomic E-state index is 0.00575. The highest BCUT2D eigenvalue weighted by Crippen LogP contribution is 2.39. The number of halogens is 2. The van der Waals surface area contributed by atoms with Gasteiger partial charge in [0.1, 0.15) is 11.7 Å². The minimum atomic E-state index is -3.29. The first-order valence-electron chi connectivity index (χ1n) is 11.1. The van der Waals surface area contributed by atoms with Crippen molar-refractivity contribution in [3.05, 3.63) is 68.7 Å². The van der Waals surface area contributed by atoms with E-state index < -0.39 is 27.6 Å². The SMILES string of the molecule is O=C(NC1CS(=O)(=O)Cc2ccccc21)C1CCC2(CN(C(=O)Cc3cc(Cl)ccc3Br)C2)O1. The van der Waals surface area contributed by atoms with E-state index in [1.54, 1.807) is 29.2 Å². The van der Waals surface area contributed by atoms with Crippen LogP contribution in [0.2, 0.25) is 5.02 Å². The van der Waals surface area contributed by atoms with Crippen molar-refractivity contribution in [1.82, 2.24) is 10.2 Å². The maximum atomic E-state index is 13.0. The first-order valence-corrected chi connectivity index (χ1v) is 14.1. The van der Waals surface area contributed by atoms with Gasteiger partial charge in [-0.2, -0.15) is 0 Å². The van der Waals surface area contributed by atoms with Crippen molar-refractivity contribution in [2.45, 2.75) is 42.8 Å². The zero-order valence-electron chi connectivity index (χ0n) is 18.3. The van der Waals surface area contributed by atoms with Crippen LogP contribution in [0.1, 0.15) is 35.6 Å². The molecule has 3 aliphatic heterocycles. The van der Waals surface area contributed by atoms with Crippen molar-refractivity contribution < 1.29 is 22.7 Å². The predicted octanol–water partition coefficient (Wildman–Crippen LogP) is 3.19. The van der Waals surface area contributed by atoms with Crippen LogP contribution >= 0.6 is 27.5 Å². The van der Waals surface area contributed by atoms with Gasteiger partial charge in [0, 0.05) is 9.50 Å². The van der Waals surface area contributed by atoms with Gasteiger partial charge in [-0.3, -0.25) is 9.59 Å². The van der Waals surface area contributed by atoms with Crippen LogP contribution in [0.5, 0.6) is 0 Å². The molecular weight excluding hydrogens is 544 g/mol. The third-order valence-electron chi connectivity index (χ3n) is 6.75. The summed E-state index contributed by atoms with van der Waals surface area (Å²) in [5.74, 6) is -0.445. The minimum Gasteiger partial charge on any atom is -0.358 e. The van der Waals surface area contributed by atoms with Crippen LogP contribution in [0.25, 0.3) is 0 Å². The smallest absolute Gasteiger partial charge is 0.249 e. The third kappa shape index (κ3) is 4.76. The summed E-state index contributed by atoms with van der Waals surface area (Å²) >= 11 is 9.50. The summed E-state index contributed by atoms with van der Waals surface area (Å²) < 4.78 is 31.6. The number of hydrogen-bond acceptors (Lipinski definition) is 5. The number of likely N-dealkylation sites (tertiary alicyclic amines) is 1. The fourth-order valence-corrected chi connectivity index (χ4v) is 7.25. The van der Waals surface area contributed by atoms with Crippen LogP contribution in [0.3, 0.4) is 0 Å². The van der Waals surface area contributed by atoms with E-state index in [2.05, 4.69) is 21.2 Å². The molecule has 3 aliphatic rings. The summed E-state index contributed by atoms with van der Waals surface area (Å²) in [6.07, 6.45) is 0.789. The number of nitrogens with one attached hydrogen (secondary N) is 1. The second-order valence-electron chi connectivity index (χ2n) is 9.31. The number of ether oxygens (including phenoxy) is 1. The molecule has 2 saturated heterocycles. The second-order valence-corrected chi connectivity index (χ2v) is 12.7. The molecule has 7 nitrogen and oxygen atoms in total. The molecule has 2 atom stereocenters. The molecule has 10 heteroatoms. The standard InChI is InChI=1S/C24H24BrClN2O5S/c25-19-6-5-17(26)9-16(19)10-22(29)28-13-24(14-28)8-7-21(33-24)23(30)27-20-12-34(31,32)11-15-3-1-2-4-18(15)20/h1-6,9,20-21H,7-8,10-14H2,(H,27,30). The van der Waals surface area contributed by atoms with Gasteiger partial charge in [-0.05, 0) is 47.7 Å². The Morgan fingerprint density at radius 1 is 1.21 bits per heavy atom. The zero-order valence-corrected chi connectivity index (χ0v) is 21.5. The van der Waals surface area contributed by atoms with Gasteiger partial charge in [0.25, 0.3) is 0 Å². The number of sulfone groups is 1. The number of hydrogen-bond donors (Lipinski definition) is 1. The molecule has 0 radical (unpaired) electrons. The fourth-order valence-electron chi connectivity index (χ4n) is 5.04. The molecule has 1 spiro atoms. The molecule has 5 rings (SSSR count). The van der Waals surface area contributed by atoms with Gasteiger partial charge in [-0.25, -0.2) is 8.42 Å². The van der Waals surface area contributed by atoms with Gasteiger partial charge in [-0.1, -0.05) is 51.8 Å². The molecule has 2 unspecified atom stereocenters. The largest absolute Gasteiger partial charge is 0.358 e. The highest BCUT2D eigenvalue weighted by atomic mass is 79.9. The molecule has 0 bridgehead atoms. The molecule has 0 aromatic heterocycles. The van der Waals surface area contributed by atoms with E-state index in [1.165, 1.54) is 0 Å². The van der Waals surface area contributed by atoms with E-state index in [-0.39, 0.29) is 29.7 Å². The Labute approximate surface area is 211 Å². The number of nitrogens with zero attached hydrogens (tertiary/aromatic N) is 1. The maximum absolute atomic E-state index is 13.0. The lowest BCUT2D eigenvalue weighted by molar-refractivity contribution is -0.169. The summed E-state index contributed by atoms with van der Waals surface area (Å²) in [7, 11) is -3.29. The van der Waals surface area contributed by atoms with Crippen molar-refractivity contribution in [2.24, 2.45) is 0 Å². The summed E-state index contributed by atoms with van der Waals surface area (Å²) in [6, 6.07) is 12.1. The van der Waals surface area contributed by atoms with Gasteiger partial charge < -0.3 is 15.0 Å². The molecule has 2 aromatic rings. The van der Waals surface area contributed by atoms with Crippen molar-refractivity contribution in [2.75, 3.05) is 18.8 Å². The summed E-state index contributed by atoms with van der Waals surface area (Å²) in [5, 5.41) is 3.47. The molecule has 180 valence electrons. The Morgan fingerprint density at radius 3 is 2.76 bits per heavy atom. The summed E-state index contributed by atoms with van der Waals surface area (Å²) in [4.78, 5) is 27.4. The Morgan fingerprint density at radius 2 is 1.97 bits per heavy atom. The predicted molar refractivity (Wildman–Crippen MR) is 131 cm³/mol. The highest BCUT2D eigenvalue weighted by molar-refractivity contribution is 9.10. The molecule has 0 saturated carbocycles. The highest BCUT2D eigenvalue weighted by Gasteiger charge is 2.52. The monoisotopic (exact) mass is 566 g/mol. The van der Waals surface area contributed by atoms with E-state index in [9.17, 15) is 18.0 Å². The van der Waals surface area contributed by atoms with Crippen LogP contribution in [-0.2, 0) is 36.3 Å². The number of benzene rings is 2. The first kappa shape index (κ1) is 23.8. The maximum Gasteiger partial charge on any atom is 0.249 e. The number of amides is 2. The lowest BCUT2D eigenvalue weighted by Crippen LogP contribution is -2.64. The quantitative estimate of drug-likeness (QED) is 0.613. The van der Waals surface area contributed by atoms with Crippen LogP contribution < -0.4 is 5.32 Å². The lowest BCUT2D eigenvalue weighted by Gasteiger charge is -2.47. The van der Waals surface area contributed by atoms with E-state index in [0.29, 0.717) is 31.0 Å². The Hall–Kier alpha value is -1.94. The van der Waals surface area contributed by atoms with E-state index in [4.69, 9.17) is 16.3 Å². The fraction of sp³-hybridized carbons (Fsp3) is 0.417. The van der Waals surface area contributed by atoms with E-state index >= 15 is 0 Å². The van der Waals surface area contributed by atoms with Crippen molar-refractivity contribution in [3.63, 3.8) is 0 Å². The van der Waals surface area contributed by atoms with Gasteiger partial charge in [0.2, 0.25) is 11.8 Å². The molecule has 2 fully saturated rings. The topological polar surface area (TPSA) is 92.8 Å². The Balaban J connectivity index is 1.18. The lowest BCUT2D eigenvalue weighted by atomic mass is 9.90. The third-order valence-corrected chi connectivity index (χ3v) is 9.35.